The second-order valence-corrected chi connectivity index (χ2v) is 4.54. The third kappa shape index (κ3) is 3.04. The van der Waals surface area contributed by atoms with Gasteiger partial charge in [0.25, 0.3) is 0 Å². The molecule has 4 heteroatoms. The SMILES string of the molecule is CCCC(N)c1cnc(Br)c(Br)c1. The van der Waals surface area contributed by atoms with E-state index in [1.807, 2.05) is 12.3 Å². The van der Waals surface area contributed by atoms with Crippen LogP contribution in [0.5, 0.6) is 0 Å². The highest BCUT2D eigenvalue weighted by Crippen LogP contribution is 2.24. The number of pyridine rings is 1. The highest BCUT2D eigenvalue weighted by molar-refractivity contribution is 9.13. The summed E-state index contributed by atoms with van der Waals surface area (Å²) in [6.45, 7) is 2.13. The van der Waals surface area contributed by atoms with Crippen molar-refractivity contribution in [2.45, 2.75) is 25.8 Å². The maximum atomic E-state index is 5.95. The highest BCUT2D eigenvalue weighted by Gasteiger charge is 2.07. The van der Waals surface area contributed by atoms with Crippen molar-refractivity contribution < 1.29 is 0 Å². The van der Waals surface area contributed by atoms with E-state index in [0.717, 1.165) is 27.5 Å². The minimum absolute atomic E-state index is 0.0990. The first kappa shape index (κ1) is 11.1. The Morgan fingerprint density at radius 2 is 2.23 bits per heavy atom. The van der Waals surface area contributed by atoms with Gasteiger partial charge in [-0.15, -0.1) is 0 Å². The molecule has 0 aliphatic heterocycles. The Kier molecular flexibility index (Phi) is 4.35. The summed E-state index contributed by atoms with van der Waals surface area (Å²) in [6, 6.07) is 2.11. The van der Waals surface area contributed by atoms with E-state index in [0.29, 0.717) is 0 Å². The van der Waals surface area contributed by atoms with Crippen LogP contribution in [0.25, 0.3) is 0 Å². The van der Waals surface area contributed by atoms with Crippen LogP contribution in [-0.2, 0) is 0 Å². The van der Waals surface area contributed by atoms with Crippen LogP contribution in [0, 0.1) is 0 Å². The number of hydrogen-bond donors (Lipinski definition) is 1. The van der Waals surface area contributed by atoms with Crippen LogP contribution in [0.1, 0.15) is 31.4 Å². The van der Waals surface area contributed by atoms with Gasteiger partial charge in [-0.25, -0.2) is 4.98 Å². The summed E-state index contributed by atoms with van der Waals surface area (Å²) in [7, 11) is 0. The molecular formula is C9H12Br2N2. The van der Waals surface area contributed by atoms with Crippen molar-refractivity contribution in [3.63, 3.8) is 0 Å². The van der Waals surface area contributed by atoms with Gasteiger partial charge in [-0.3, -0.25) is 0 Å². The van der Waals surface area contributed by atoms with Crippen molar-refractivity contribution >= 4 is 31.9 Å². The molecule has 0 aliphatic rings. The minimum atomic E-state index is 0.0990. The predicted molar refractivity (Wildman–Crippen MR) is 61.5 cm³/mol. The molecule has 0 fully saturated rings. The summed E-state index contributed by atoms with van der Waals surface area (Å²) in [4.78, 5) is 4.17. The fourth-order valence-corrected chi connectivity index (χ4v) is 1.70. The molecule has 2 nitrogen and oxygen atoms in total. The van der Waals surface area contributed by atoms with Gasteiger partial charge in [0.2, 0.25) is 0 Å². The second-order valence-electron chi connectivity index (χ2n) is 2.94. The molecule has 2 N–H and O–H groups in total. The first-order valence-corrected chi connectivity index (χ1v) is 5.80. The number of rotatable bonds is 3. The zero-order valence-electron chi connectivity index (χ0n) is 7.43. The largest absolute Gasteiger partial charge is 0.324 e. The average Bonchev–Trinajstić information content (AvgIpc) is 2.10. The van der Waals surface area contributed by atoms with Crippen molar-refractivity contribution in [2.24, 2.45) is 5.73 Å². The van der Waals surface area contributed by atoms with E-state index in [-0.39, 0.29) is 6.04 Å². The molecule has 1 unspecified atom stereocenters. The van der Waals surface area contributed by atoms with Gasteiger partial charge in [0.15, 0.2) is 0 Å². The first-order valence-electron chi connectivity index (χ1n) is 4.21. The number of nitrogens with zero attached hydrogens (tertiary/aromatic N) is 1. The molecule has 0 radical (unpaired) electrons. The molecule has 1 aromatic rings. The van der Waals surface area contributed by atoms with Gasteiger partial charge in [0.05, 0.1) is 4.47 Å². The average molecular weight is 308 g/mol. The van der Waals surface area contributed by atoms with Gasteiger partial charge >= 0.3 is 0 Å². The van der Waals surface area contributed by atoms with Gasteiger partial charge in [0, 0.05) is 12.2 Å². The zero-order chi connectivity index (χ0) is 9.84. The minimum Gasteiger partial charge on any atom is -0.324 e. The zero-order valence-corrected chi connectivity index (χ0v) is 10.6. The summed E-state index contributed by atoms with van der Waals surface area (Å²) in [5, 5.41) is 0. The molecule has 0 aliphatic carbocycles. The number of aromatic nitrogens is 1. The number of nitrogens with two attached hydrogens (primary N) is 1. The van der Waals surface area contributed by atoms with E-state index in [1.165, 1.54) is 0 Å². The lowest BCUT2D eigenvalue weighted by molar-refractivity contribution is 0.635. The number of halogens is 2. The van der Waals surface area contributed by atoms with E-state index in [2.05, 4.69) is 43.8 Å². The molecule has 0 aromatic carbocycles. The summed E-state index contributed by atoms with van der Waals surface area (Å²) < 4.78 is 1.77. The van der Waals surface area contributed by atoms with Crippen molar-refractivity contribution in [3.8, 4) is 0 Å². The topological polar surface area (TPSA) is 38.9 Å². The lowest BCUT2D eigenvalue weighted by atomic mass is 10.1. The molecule has 1 aromatic heterocycles. The molecule has 13 heavy (non-hydrogen) atoms. The molecule has 0 spiro atoms. The van der Waals surface area contributed by atoms with Crippen molar-refractivity contribution in [1.29, 1.82) is 0 Å². The maximum Gasteiger partial charge on any atom is 0.120 e. The fourth-order valence-electron chi connectivity index (χ4n) is 1.12. The fraction of sp³-hybridized carbons (Fsp3) is 0.444. The van der Waals surface area contributed by atoms with Gasteiger partial charge in [-0.2, -0.15) is 0 Å². The van der Waals surface area contributed by atoms with E-state index in [1.54, 1.807) is 0 Å². The number of hydrogen-bond acceptors (Lipinski definition) is 2. The molecular weight excluding hydrogens is 296 g/mol. The molecule has 0 bridgehead atoms. The lowest BCUT2D eigenvalue weighted by Gasteiger charge is -2.10. The Morgan fingerprint density at radius 3 is 2.77 bits per heavy atom. The van der Waals surface area contributed by atoms with E-state index in [4.69, 9.17) is 5.73 Å². The van der Waals surface area contributed by atoms with Gasteiger partial charge in [0.1, 0.15) is 4.60 Å². The molecule has 1 atom stereocenters. The van der Waals surface area contributed by atoms with Gasteiger partial charge < -0.3 is 5.73 Å². The van der Waals surface area contributed by atoms with Gasteiger partial charge in [-0.1, -0.05) is 13.3 Å². The smallest absolute Gasteiger partial charge is 0.120 e. The Hall–Kier alpha value is 0.0700. The Labute approximate surface area is 95.2 Å². The molecule has 0 saturated heterocycles. The van der Waals surface area contributed by atoms with E-state index >= 15 is 0 Å². The Morgan fingerprint density at radius 1 is 1.54 bits per heavy atom. The van der Waals surface area contributed by atoms with Gasteiger partial charge in [-0.05, 0) is 49.9 Å². The second kappa shape index (κ2) is 5.08. The summed E-state index contributed by atoms with van der Waals surface area (Å²) in [5.41, 5.74) is 7.03. The van der Waals surface area contributed by atoms with Crippen molar-refractivity contribution in [3.05, 3.63) is 26.9 Å². The summed E-state index contributed by atoms with van der Waals surface area (Å²) in [5.74, 6) is 0. The maximum absolute atomic E-state index is 5.95. The highest BCUT2D eigenvalue weighted by atomic mass is 79.9. The standard InChI is InChI=1S/C9H12Br2N2/c1-2-3-8(12)6-4-7(10)9(11)13-5-6/h4-5,8H,2-3,12H2,1H3. The Bertz CT molecular complexity index is 289. The third-order valence-electron chi connectivity index (χ3n) is 1.85. The van der Waals surface area contributed by atoms with E-state index < -0.39 is 0 Å². The first-order chi connectivity index (χ1) is 6.15. The molecule has 1 rings (SSSR count). The molecule has 0 amide bonds. The van der Waals surface area contributed by atoms with E-state index in [9.17, 15) is 0 Å². The molecule has 0 saturated carbocycles. The van der Waals surface area contributed by atoms with Crippen molar-refractivity contribution in [1.82, 2.24) is 4.98 Å². The van der Waals surface area contributed by atoms with Crippen LogP contribution >= 0.6 is 31.9 Å². The summed E-state index contributed by atoms with van der Waals surface area (Å²) >= 11 is 6.72. The Balaban J connectivity index is 2.84. The van der Waals surface area contributed by atoms with Crippen LogP contribution in [0.4, 0.5) is 0 Å². The van der Waals surface area contributed by atoms with Crippen LogP contribution in [0.2, 0.25) is 0 Å². The van der Waals surface area contributed by atoms with Crippen LogP contribution in [0.3, 0.4) is 0 Å². The third-order valence-corrected chi connectivity index (χ3v) is 3.61. The van der Waals surface area contributed by atoms with Crippen LogP contribution < -0.4 is 5.73 Å². The molecule has 72 valence electrons. The monoisotopic (exact) mass is 306 g/mol. The van der Waals surface area contributed by atoms with Crippen LogP contribution in [-0.4, -0.2) is 4.98 Å². The normalized spacial score (nSPS) is 12.9. The quantitative estimate of drug-likeness (QED) is 0.869. The van der Waals surface area contributed by atoms with Crippen molar-refractivity contribution in [2.75, 3.05) is 0 Å². The molecule has 1 heterocycles. The van der Waals surface area contributed by atoms with Crippen LogP contribution in [0.15, 0.2) is 21.3 Å². The lowest BCUT2D eigenvalue weighted by Crippen LogP contribution is -2.10. The predicted octanol–water partition coefficient (Wildman–Crippen LogP) is 3.41. The summed E-state index contributed by atoms with van der Waals surface area (Å²) in [6.07, 6.45) is 3.90.